The molecule has 0 fully saturated rings. The summed E-state index contributed by atoms with van der Waals surface area (Å²) in [6, 6.07) is 9.72. The number of benzene rings is 1. The van der Waals surface area contributed by atoms with Gasteiger partial charge in [0.2, 0.25) is 0 Å². The first-order valence-electron chi connectivity index (χ1n) is 7.19. The molecule has 0 aliphatic carbocycles. The summed E-state index contributed by atoms with van der Waals surface area (Å²) in [5, 5.41) is 10.2. The van der Waals surface area contributed by atoms with Gasteiger partial charge in [-0.05, 0) is 12.1 Å². The zero-order valence-electron chi connectivity index (χ0n) is 13.5. The molecule has 2 heterocycles. The minimum atomic E-state index is -0.591. The van der Waals surface area contributed by atoms with Crippen molar-refractivity contribution in [2.45, 2.75) is 6.54 Å². The Balaban J connectivity index is 2.07. The number of nitrogens with zero attached hydrogens (tertiary/aromatic N) is 5. The van der Waals surface area contributed by atoms with Gasteiger partial charge in [0.1, 0.15) is 16.9 Å². The van der Waals surface area contributed by atoms with Crippen LogP contribution in [-0.4, -0.2) is 21.2 Å². The fourth-order valence-corrected chi connectivity index (χ4v) is 3.66. The monoisotopic (exact) mass is 341 g/mol. The van der Waals surface area contributed by atoms with Gasteiger partial charge in [-0.3, -0.25) is 13.9 Å². The van der Waals surface area contributed by atoms with E-state index in [4.69, 9.17) is 0 Å². The van der Waals surface area contributed by atoms with Gasteiger partial charge >= 0.3 is 5.69 Å². The average molecular weight is 341 g/mol. The Bertz CT molecular complexity index is 1050. The minimum Gasteiger partial charge on any atom is -0.353 e. The molecule has 0 atom stereocenters. The van der Waals surface area contributed by atoms with E-state index < -0.39 is 11.2 Å². The molecule has 0 spiro atoms. The molecule has 2 aromatic heterocycles. The molecular weight excluding hydrogens is 326 g/mol. The molecule has 3 aromatic rings. The summed E-state index contributed by atoms with van der Waals surface area (Å²) in [5.74, 6) is 0.296. The number of fused-ring (bicyclic) bond motifs is 1. The van der Waals surface area contributed by atoms with Gasteiger partial charge in [-0.25, -0.2) is 9.78 Å². The van der Waals surface area contributed by atoms with Crippen molar-refractivity contribution in [3.63, 3.8) is 0 Å². The molecule has 3 rings (SSSR count). The van der Waals surface area contributed by atoms with Gasteiger partial charge in [0.05, 0.1) is 16.8 Å². The Morgan fingerprint density at radius 2 is 1.96 bits per heavy atom. The van der Waals surface area contributed by atoms with Crippen LogP contribution in [0.1, 0.15) is 10.6 Å². The molecule has 0 amide bonds. The normalized spacial score (nSPS) is 10.8. The molecule has 0 N–H and O–H groups in total. The highest BCUT2D eigenvalue weighted by atomic mass is 32.1. The van der Waals surface area contributed by atoms with Gasteiger partial charge < -0.3 is 4.90 Å². The second kappa shape index (κ2) is 5.94. The third-order valence-corrected chi connectivity index (χ3v) is 4.84. The van der Waals surface area contributed by atoms with Crippen LogP contribution in [0, 0.1) is 11.3 Å². The largest absolute Gasteiger partial charge is 0.353 e. The van der Waals surface area contributed by atoms with E-state index in [2.05, 4.69) is 4.98 Å². The molecule has 0 radical (unpaired) electrons. The maximum atomic E-state index is 12.2. The Morgan fingerprint density at radius 3 is 2.62 bits per heavy atom. The maximum Gasteiger partial charge on any atom is 0.332 e. The van der Waals surface area contributed by atoms with Crippen molar-refractivity contribution in [3.8, 4) is 6.07 Å². The fraction of sp³-hybridized carbons (Fsp3) is 0.250. The molecular formula is C16H15N5O2S. The van der Waals surface area contributed by atoms with E-state index in [1.807, 2.05) is 30.3 Å². The molecule has 0 saturated carbocycles. The smallest absolute Gasteiger partial charge is 0.332 e. The quantitative estimate of drug-likeness (QED) is 0.715. The number of anilines is 1. The number of para-hydroxylation sites is 1. The average Bonchev–Trinajstić information content (AvgIpc) is 2.97. The van der Waals surface area contributed by atoms with Crippen LogP contribution in [0.5, 0.6) is 0 Å². The Kier molecular flexibility index (Phi) is 3.95. The van der Waals surface area contributed by atoms with Gasteiger partial charge in [0.15, 0.2) is 5.56 Å². The molecule has 7 nitrogen and oxygen atoms in total. The standard InChI is InChI=1S/C16H15N5O2S/c1-19(9-13-18-11-6-4-5-7-12(11)24-13)14-10(8-17)15(22)21(3)16(23)20(14)2/h4-7H,9H2,1-3H3. The van der Waals surface area contributed by atoms with Crippen LogP contribution in [-0.2, 0) is 20.6 Å². The molecule has 0 unspecified atom stereocenters. The summed E-state index contributed by atoms with van der Waals surface area (Å²) in [6.07, 6.45) is 0. The van der Waals surface area contributed by atoms with Gasteiger partial charge in [0, 0.05) is 21.1 Å². The zero-order chi connectivity index (χ0) is 17.4. The topological polar surface area (TPSA) is 83.9 Å². The molecule has 1 aromatic carbocycles. The molecule has 8 heteroatoms. The van der Waals surface area contributed by atoms with Crippen LogP contribution < -0.4 is 16.1 Å². The first-order chi connectivity index (χ1) is 11.4. The Morgan fingerprint density at radius 1 is 1.25 bits per heavy atom. The minimum absolute atomic E-state index is 0.0526. The molecule has 0 saturated heterocycles. The Labute approximate surface area is 141 Å². The van der Waals surface area contributed by atoms with Crippen molar-refractivity contribution in [2.24, 2.45) is 14.1 Å². The van der Waals surface area contributed by atoms with Crippen LogP contribution in [0.25, 0.3) is 10.2 Å². The van der Waals surface area contributed by atoms with E-state index in [1.165, 1.54) is 11.6 Å². The number of rotatable bonds is 3. The summed E-state index contributed by atoms with van der Waals surface area (Å²) in [4.78, 5) is 30.6. The summed E-state index contributed by atoms with van der Waals surface area (Å²) in [7, 11) is 4.65. The molecule has 0 aliphatic rings. The fourth-order valence-electron chi connectivity index (χ4n) is 2.64. The predicted molar refractivity (Wildman–Crippen MR) is 93.4 cm³/mol. The van der Waals surface area contributed by atoms with Crippen LogP contribution in [0.2, 0.25) is 0 Å². The zero-order valence-corrected chi connectivity index (χ0v) is 14.3. The van der Waals surface area contributed by atoms with Crippen molar-refractivity contribution < 1.29 is 0 Å². The summed E-state index contributed by atoms with van der Waals surface area (Å²) >= 11 is 1.54. The third kappa shape index (κ3) is 2.49. The summed E-state index contributed by atoms with van der Waals surface area (Å²) < 4.78 is 3.32. The number of nitriles is 1. The van der Waals surface area contributed by atoms with Crippen molar-refractivity contribution in [2.75, 3.05) is 11.9 Å². The van der Waals surface area contributed by atoms with Gasteiger partial charge in [-0.15, -0.1) is 11.3 Å². The highest BCUT2D eigenvalue weighted by Gasteiger charge is 2.19. The van der Waals surface area contributed by atoms with Crippen molar-refractivity contribution in [1.82, 2.24) is 14.1 Å². The third-order valence-electron chi connectivity index (χ3n) is 3.82. The lowest BCUT2D eigenvalue weighted by atomic mass is 10.3. The lowest BCUT2D eigenvalue weighted by molar-refractivity contribution is 0.666. The lowest BCUT2D eigenvalue weighted by Gasteiger charge is -2.22. The summed E-state index contributed by atoms with van der Waals surface area (Å²) in [6.45, 7) is 0.397. The van der Waals surface area contributed by atoms with E-state index in [0.717, 1.165) is 19.8 Å². The number of aromatic nitrogens is 3. The number of hydrogen-bond acceptors (Lipinski definition) is 6. The van der Waals surface area contributed by atoms with Crippen molar-refractivity contribution in [1.29, 1.82) is 5.26 Å². The number of hydrogen-bond donors (Lipinski definition) is 0. The SMILES string of the molecule is CN(Cc1nc2ccccc2s1)c1c(C#N)c(=O)n(C)c(=O)n1C. The first kappa shape index (κ1) is 16.0. The molecule has 122 valence electrons. The highest BCUT2D eigenvalue weighted by molar-refractivity contribution is 7.18. The van der Waals surface area contributed by atoms with Gasteiger partial charge in [-0.2, -0.15) is 5.26 Å². The van der Waals surface area contributed by atoms with Crippen LogP contribution in [0.3, 0.4) is 0 Å². The Hall–Kier alpha value is -2.92. The highest BCUT2D eigenvalue weighted by Crippen LogP contribution is 2.24. The second-order valence-corrected chi connectivity index (χ2v) is 6.56. The molecule has 24 heavy (non-hydrogen) atoms. The van der Waals surface area contributed by atoms with Crippen LogP contribution in [0.15, 0.2) is 33.9 Å². The van der Waals surface area contributed by atoms with E-state index >= 15 is 0 Å². The van der Waals surface area contributed by atoms with Gasteiger partial charge in [-0.1, -0.05) is 12.1 Å². The maximum absolute atomic E-state index is 12.2. The van der Waals surface area contributed by atoms with E-state index in [1.54, 1.807) is 30.3 Å². The van der Waals surface area contributed by atoms with E-state index in [0.29, 0.717) is 12.4 Å². The van der Waals surface area contributed by atoms with E-state index in [-0.39, 0.29) is 5.56 Å². The first-order valence-corrected chi connectivity index (χ1v) is 8.01. The summed E-state index contributed by atoms with van der Waals surface area (Å²) in [5.41, 5.74) is -0.204. The second-order valence-electron chi connectivity index (χ2n) is 5.45. The van der Waals surface area contributed by atoms with E-state index in [9.17, 15) is 14.9 Å². The molecule has 0 bridgehead atoms. The predicted octanol–water partition coefficient (Wildman–Crippen LogP) is 1.20. The molecule has 0 aliphatic heterocycles. The van der Waals surface area contributed by atoms with Crippen LogP contribution in [0.4, 0.5) is 5.82 Å². The number of thiazole rings is 1. The lowest BCUT2D eigenvalue weighted by Crippen LogP contribution is -2.41. The van der Waals surface area contributed by atoms with Gasteiger partial charge in [0.25, 0.3) is 5.56 Å². The van der Waals surface area contributed by atoms with Crippen molar-refractivity contribution in [3.05, 3.63) is 55.7 Å². The van der Waals surface area contributed by atoms with Crippen LogP contribution >= 0.6 is 11.3 Å². The van der Waals surface area contributed by atoms with Crippen molar-refractivity contribution >= 4 is 27.4 Å².